The fourth-order valence-corrected chi connectivity index (χ4v) is 1.27. The van der Waals surface area contributed by atoms with Crippen molar-refractivity contribution in [1.29, 1.82) is 5.41 Å². The van der Waals surface area contributed by atoms with Crippen molar-refractivity contribution in [3.8, 4) is 0 Å². The van der Waals surface area contributed by atoms with Gasteiger partial charge >= 0.3 is 0 Å². The van der Waals surface area contributed by atoms with Gasteiger partial charge in [0.15, 0.2) is 4.80 Å². The van der Waals surface area contributed by atoms with Crippen LogP contribution in [0.1, 0.15) is 6.92 Å². The van der Waals surface area contributed by atoms with Gasteiger partial charge in [0.25, 0.3) is 0 Å². The van der Waals surface area contributed by atoms with Gasteiger partial charge in [-0.3, -0.25) is 10.2 Å². The maximum atomic E-state index is 10.6. The molecular formula is C6H8N2OS. The predicted octanol–water partition coefficient (Wildman–Crippen LogP) is 0.618. The molecule has 0 radical (unpaired) electrons. The lowest BCUT2D eigenvalue weighted by Crippen LogP contribution is -2.16. The van der Waals surface area contributed by atoms with Crippen LogP contribution in [-0.4, -0.2) is 10.4 Å². The van der Waals surface area contributed by atoms with Crippen LogP contribution in [0, 0.1) is 5.41 Å². The summed E-state index contributed by atoms with van der Waals surface area (Å²) in [6.07, 6.45) is 1.74. The topological polar surface area (TPSA) is 45.9 Å². The predicted molar refractivity (Wildman–Crippen MR) is 38.8 cm³/mol. The number of aromatic nitrogens is 1. The summed E-state index contributed by atoms with van der Waals surface area (Å²) >= 11 is 1.32. The van der Waals surface area contributed by atoms with Gasteiger partial charge < -0.3 is 4.57 Å². The highest BCUT2D eigenvalue weighted by atomic mass is 32.1. The van der Waals surface area contributed by atoms with Crippen LogP contribution in [0.5, 0.6) is 0 Å². The Morgan fingerprint density at radius 2 is 2.60 bits per heavy atom. The van der Waals surface area contributed by atoms with Gasteiger partial charge in [-0.25, -0.2) is 0 Å². The third kappa shape index (κ3) is 1.54. The first-order valence-electron chi connectivity index (χ1n) is 2.88. The molecule has 0 bridgehead atoms. The van der Waals surface area contributed by atoms with Crippen LogP contribution >= 0.6 is 11.3 Å². The van der Waals surface area contributed by atoms with E-state index < -0.39 is 0 Å². The van der Waals surface area contributed by atoms with Gasteiger partial charge in [0.2, 0.25) is 0 Å². The molecule has 0 saturated heterocycles. The smallest absolute Gasteiger partial charge is 0.182 e. The van der Waals surface area contributed by atoms with Gasteiger partial charge in [-0.1, -0.05) is 0 Å². The zero-order valence-electron chi connectivity index (χ0n) is 5.63. The highest BCUT2D eigenvalue weighted by Gasteiger charge is 1.95. The van der Waals surface area contributed by atoms with E-state index in [2.05, 4.69) is 0 Å². The maximum Gasteiger partial charge on any atom is 0.182 e. The van der Waals surface area contributed by atoms with Crippen LogP contribution in [0.2, 0.25) is 0 Å². The molecule has 0 aliphatic heterocycles. The quantitative estimate of drug-likeness (QED) is 0.670. The van der Waals surface area contributed by atoms with Crippen LogP contribution in [-0.2, 0) is 11.3 Å². The number of thiazole rings is 1. The zero-order valence-corrected chi connectivity index (χ0v) is 6.44. The molecule has 4 heteroatoms. The molecule has 1 heterocycles. The Balaban J connectivity index is 2.85. The van der Waals surface area contributed by atoms with E-state index in [1.165, 1.54) is 18.3 Å². The molecule has 0 atom stereocenters. The van der Waals surface area contributed by atoms with Crippen molar-refractivity contribution in [2.24, 2.45) is 0 Å². The van der Waals surface area contributed by atoms with Crippen LogP contribution in [0.15, 0.2) is 11.6 Å². The van der Waals surface area contributed by atoms with Crippen molar-refractivity contribution < 1.29 is 4.79 Å². The number of Topliss-reactive ketones (excluding diaryl/α,β-unsaturated/α-hetero) is 1. The molecule has 1 aromatic heterocycles. The van der Waals surface area contributed by atoms with Crippen molar-refractivity contribution in [2.45, 2.75) is 13.5 Å². The maximum absolute atomic E-state index is 10.6. The minimum atomic E-state index is 0.0805. The van der Waals surface area contributed by atoms with Gasteiger partial charge in [0.1, 0.15) is 5.78 Å². The van der Waals surface area contributed by atoms with Gasteiger partial charge in [0.05, 0.1) is 6.54 Å². The molecule has 0 amide bonds. The van der Waals surface area contributed by atoms with E-state index in [0.29, 0.717) is 11.3 Å². The highest BCUT2D eigenvalue weighted by Crippen LogP contribution is 1.88. The second kappa shape index (κ2) is 2.79. The van der Waals surface area contributed by atoms with Crippen molar-refractivity contribution in [1.82, 2.24) is 4.57 Å². The minimum absolute atomic E-state index is 0.0805. The van der Waals surface area contributed by atoms with Gasteiger partial charge in [0, 0.05) is 11.6 Å². The number of carbonyl (C=O) groups is 1. The first-order valence-corrected chi connectivity index (χ1v) is 3.76. The monoisotopic (exact) mass is 156 g/mol. The summed E-state index contributed by atoms with van der Waals surface area (Å²) in [7, 11) is 0. The van der Waals surface area contributed by atoms with Gasteiger partial charge in [-0.05, 0) is 6.92 Å². The fourth-order valence-electron chi connectivity index (χ4n) is 0.668. The lowest BCUT2D eigenvalue weighted by Gasteiger charge is -1.94. The minimum Gasteiger partial charge on any atom is -0.317 e. The van der Waals surface area contributed by atoms with E-state index in [9.17, 15) is 4.79 Å². The first kappa shape index (κ1) is 7.21. The lowest BCUT2D eigenvalue weighted by atomic mass is 10.4. The summed E-state index contributed by atoms with van der Waals surface area (Å²) in [6, 6.07) is 0. The molecule has 3 nitrogen and oxygen atoms in total. The summed E-state index contributed by atoms with van der Waals surface area (Å²) in [6.45, 7) is 1.84. The number of ketones is 1. The molecule has 0 aliphatic carbocycles. The molecule has 1 rings (SSSR count). The molecule has 0 aromatic carbocycles. The molecule has 1 aromatic rings. The summed E-state index contributed by atoms with van der Waals surface area (Å²) in [4.78, 5) is 11.0. The number of hydrogen-bond acceptors (Lipinski definition) is 3. The third-order valence-electron chi connectivity index (χ3n) is 1.07. The molecule has 0 saturated carbocycles. The fraction of sp³-hybridized carbons (Fsp3) is 0.333. The summed E-state index contributed by atoms with van der Waals surface area (Å²) < 4.78 is 1.62. The lowest BCUT2D eigenvalue weighted by molar-refractivity contribution is -0.117. The average Bonchev–Trinajstić information content (AvgIpc) is 2.15. The van der Waals surface area contributed by atoms with Crippen molar-refractivity contribution in [2.75, 3.05) is 0 Å². The largest absolute Gasteiger partial charge is 0.317 e. The Morgan fingerprint density at radius 3 is 3.00 bits per heavy atom. The van der Waals surface area contributed by atoms with Crippen LogP contribution < -0.4 is 4.80 Å². The molecule has 1 N–H and O–H groups in total. The Labute approximate surface area is 62.4 Å². The van der Waals surface area contributed by atoms with Gasteiger partial charge in [-0.2, -0.15) is 0 Å². The first-order chi connectivity index (χ1) is 4.70. The second-order valence-corrected chi connectivity index (χ2v) is 2.93. The van der Waals surface area contributed by atoms with Gasteiger partial charge in [-0.15, -0.1) is 11.3 Å². The molecule has 0 aliphatic rings. The molecule has 0 unspecified atom stereocenters. The molecule has 0 fully saturated rings. The Bertz CT molecular complexity index is 286. The second-order valence-electron chi connectivity index (χ2n) is 2.04. The summed E-state index contributed by atoms with van der Waals surface area (Å²) in [5.41, 5.74) is 0. The zero-order chi connectivity index (χ0) is 7.56. The van der Waals surface area contributed by atoms with Crippen molar-refractivity contribution in [3.05, 3.63) is 16.4 Å². The third-order valence-corrected chi connectivity index (χ3v) is 1.79. The van der Waals surface area contributed by atoms with E-state index in [-0.39, 0.29) is 5.78 Å². The highest BCUT2D eigenvalue weighted by molar-refractivity contribution is 7.06. The normalized spacial score (nSPS) is 9.70. The molecule has 10 heavy (non-hydrogen) atoms. The number of hydrogen-bond donors (Lipinski definition) is 1. The van der Waals surface area contributed by atoms with E-state index in [1.54, 1.807) is 16.1 Å². The SMILES string of the molecule is CC(=O)Cn1ccsc1=N. The molecule has 0 spiro atoms. The van der Waals surface area contributed by atoms with Crippen LogP contribution in [0.4, 0.5) is 0 Å². The summed E-state index contributed by atoms with van der Waals surface area (Å²) in [5, 5.41) is 9.07. The summed E-state index contributed by atoms with van der Waals surface area (Å²) in [5.74, 6) is 0.0805. The Kier molecular flexibility index (Phi) is 2.01. The number of nitrogens with one attached hydrogen (secondary N) is 1. The van der Waals surface area contributed by atoms with E-state index in [1.807, 2.05) is 0 Å². The van der Waals surface area contributed by atoms with E-state index in [0.717, 1.165) is 0 Å². The number of rotatable bonds is 2. The standard InChI is InChI=1S/C6H8N2OS/c1-5(9)4-8-2-3-10-6(8)7/h2-3,7H,4H2,1H3. The molecular weight excluding hydrogens is 148 g/mol. The van der Waals surface area contributed by atoms with Crippen molar-refractivity contribution >= 4 is 17.1 Å². The average molecular weight is 156 g/mol. The number of nitrogens with zero attached hydrogens (tertiary/aromatic N) is 1. The Hall–Kier alpha value is -0.900. The van der Waals surface area contributed by atoms with Crippen LogP contribution in [0.25, 0.3) is 0 Å². The Morgan fingerprint density at radius 1 is 1.90 bits per heavy atom. The van der Waals surface area contributed by atoms with E-state index in [4.69, 9.17) is 5.41 Å². The van der Waals surface area contributed by atoms with Crippen LogP contribution in [0.3, 0.4) is 0 Å². The molecule has 54 valence electrons. The van der Waals surface area contributed by atoms with E-state index >= 15 is 0 Å². The number of carbonyl (C=O) groups excluding carboxylic acids is 1. The van der Waals surface area contributed by atoms with Crippen molar-refractivity contribution in [3.63, 3.8) is 0 Å².